The number of alkyl halides is 1. The molecule has 0 spiro atoms. The number of rotatable bonds is 3. The average molecular weight is 234 g/mol. The van der Waals surface area contributed by atoms with E-state index in [9.17, 15) is 4.39 Å². The van der Waals surface area contributed by atoms with Crippen LogP contribution in [0.25, 0.3) is 0 Å². The van der Waals surface area contributed by atoms with Crippen molar-refractivity contribution in [1.82, 2.24) is 5.32 Å². The summed E-state index contributed by atoms with van der Waals surface area (Å²) in [5, 5.41) is 5.91. The van der Waals surface area contributed by atoms with Crippen molar-refractivity contribution in [3.05, 3.63) is 21.3 Å². The second kappa shape index (κ2) is 4.60. The summed E-state index contributed by atoms with van der Waals surface area (Å²) in [6, 6.07) is 1.98. The molecule has 0 aliphatic heterocycles. The monoisotopic (exact) mass is 233 g/mol. The van der Waals surface area contributed by atoms with Gasteiger partial charge in [0, 0.05) is 22.8 Å². The first-order chi connectivity index (χ1) is 6.75. The van der Waals surface area contributed by atoms with Crippen LogP contribution in [0.1, 0.15) is 24.1 Å². The number of hydrogen-bond donors (Lipinski definition) is 1. The van der Waals surface area contributed by atoms with Crippen molar-refractivity contribution in [3.63, 3.8) is 0 Å². The fraction of sp³-hybridized carbons (Fsp3) is 0.600. The van der Waals surface area contributed by atoms with Gasteiger partial charge in [-0.2, -0.15) is 0 Å². The van der Waals surface area contributed by atoms with Crippen molar-refractivity contribution in [2.24, 2.45) is 0 Å². The Hall–Kier alpha value is -0.120. The van der Waals surface area contributed by atoms with Gasteiger partial charge in [0.2, 0.25) is 0 Å². The summed E-state index contributed by atoms with van der Waals surface area (Å²) in [5.41, 5.74) is 0. The van der Waals surface area contributed by atoms with Crippen LogP contribution in [0, 0.1) is 0 Å². The van der Waals surface area contributed by atoms with E-state index in [1.54, 1.807) is 11.3 Å². The molecule has 0 saturated heterocycles. The summed E-state index contributed by atoms with van der Waals surface area (Å²) in [5.74, 6) is 0. The minimum absolute atomic E-state index is 0.0517. The van der Waals surface area contributed by atoms with Gasteiger partial charge in [0.15, 0.2) is 0 Å². The molecule has 1 heterocycles. The van der Waals surface area contributed by atoms with E-state index < -0.39 is 6.17 Å². The van der Waals surface area contributed by atoms with Gasteiger partial charge in [0.1, 0.15) is 6.17 Å². The number of halogens is 2. The topological polar surface area (TPSA) is 12.0 Å². The molecule has 4 heteroatoms. The average Bonchev–Trinajstić information content (AvgIpc) is 2.72. The molecule has 1 aromatic rings. The van der Waals surface area contributed by atoms with Gasteiger partial charge >= 0.3 is 0 Å². The van der Waals surface area contributed by atoms with Crippen molar-refractivity contribution >= 4 is 22.9 Å². The number of nitrogens with one attached hydrogen (secondary N) is 1. The van der Waals surface area contributed by atoms with E-state index in [0.717, 1.165) is 24.4 Å². The second-order valence-corrected chi connectivity index (χ2v) is 5.10. The van der Waals surface area contributed by atoms with Gasteiger partial charge < -0.3 is 5.32 Å². The van der Waals surface area contributed by atoms with Crippen LogP contribution in [-0.2, 0) is 6.54 Å². The largest absolute Gasteiger partial charge is 0.306 e. The molecule has 1 aromatic heterocycles. The second-order valence-electron chi connectivity index (χ2n) is 3.67. The highest BCUT2D eigenvalue weighted by Gasteiger charge is 2.26. The standard InChI is InChI=1S/C10H13ClFNS/c11-7-4-8(14-6-7)5-13-10-3-1-2-9(10)12/h4,6,9-10,13H,1-3,5H2/t9-,10+/m0/s1. The Bertz CT molecular complexity index is 302. The minimum atomic E-state index is -0.662. The highest BCUT2D eigenvalue weighted by Crippen LogP contribution is 2.23. The molecule has 1 saturated carbocycles. The number of thiophene rings is 1. The fourth-order valence-corrected chi connectivity index (χ4v) is 2.85. The molecule has 0 radical (unpaired) electrons. The molecular weight excluding hydrogens is 221 g/mol. The lowest BCUT2D eigenvalue weighted by atomic mass is 10.2. The van der Waals surface area contributed by atoms with Crippen molar-refractivity contribution in [3.8, 4) is 0 Å². The van der Waals surface area contributed by atoms with Crippen LogP contribution < -0.4 is 5.32 Å². The number of hydrogen-bond acceptors (Lipinski definition) is 2. The summed E-state index contributed by atoms with van der Waals surface area (Å²) in [4.78, 5) is 1.18. The molecule has 1 aliphatic rings. The molecule has 2 rings (SSSR count). The van der Waals surface area contributed by atoms with Gasteiger partial charge in [-0.05, 0) is 25.3 Å². The molecule has 1 aliphatic carbocycles. The van der Waals surface area contributed by atoms with Crippen LogP contribution in [0.5, 0.6) is 0 Å². The maximum Gasteiger partial charge on any atom is 0.115 e. The van der Waals surface area contributed by atoms with Crippen molar-refractivity contribution in [2.45, 2.75) is 38.0 Å². The third-order valence-electron chi connectivity index (χ3n) is 2.59. The van der Waals surface area contributed by atoms with Crippen LogP contribution in [0.3, 0.4) is 0 Å². The molecule has 1 nitrogen and oxygen atoms in total. The van der Waals surface area contributed by atoms with Crippen LogP contribution in [0.15, 0.2) is 11.4 Å². The maximum atomic E-state index is 13.2. The maximum absolute atomic E-state index is 13.2. The smallest absolute Gasteiger partial charge is 0.115 e. The predicted molar refractivity (Wildman–Crippen MR) is 58.7 cm³/mol. The van der Waals surface area contributed by atoms with E-state index in [0.29, 0.717) is 6.42 Å². The van der Waals surface area contributed by atoms with E-state index in [4.69, 9.17) is 11.6 Å². The van der Waals surface area contributed by atoms with Crippen molar-refractivity contribution in [1.29, 1.82) is 0 Å². The van der Waals surface area contributed by atoms with Crippen molar-refractivity contribution in [2.75, 3.05) is 0 Å². The van der Waals surface area contributed by atoms with E-state index >= 15 is 0 Å². The molecule has 2 atom stereocenters. The minimum Gasteiger partial charge on any atom is -0.306 e. The Kier molecular flexibility index (Phi) is 3.42. The van der Waals surface area contributed by atoms with Gasteiger partial charge in [-0.15, -0.1) is 11.3 Å². The first kappa shape index (κ1) is 10.4. The first-order valence-electron chi connectivity index (χ1n) is 4.86. The molecule has 0 unspecified atom stereocenters. The summed E-state index contributed by atoms with van der Waals surface area (Å²) in [6.07, 6.45) is 2.01. The molecule has 0 aromatic carbocycles. The quantitative estimate of drug-likeness (QED) is 0.844. The Morgan fingerprint density at radius 3 is 3.00 bits per heavy atom. The van der Waals surface area contributed by atoms with Crippen molar-refractivity contribution < 1.29 is 4.39 Å². The van der Waals surface area contributed by atoms with Crippen LogP contribution >= 0.6 is 22.9 Å². The Morgan fingerprint density at radius 2 is 2.43 bits per heavy atom. The molecule has 78 valence electrons. The third-order valence-corrected chi connectivity index (χ3v) is 3.88. The molecule has 0 bridgehead atoms. The zero-order valence-electron chi connectivity index (χ0n) is 7.80. The summed E-state index contributed by atoms with van der Waals surface area (Å²) in [7, 11) is 0. The van der Waals surface area contributed by atoms with Gasteiger partial charge in [0.05, 0.1) is 5.02 Å². The highest BCUT2D eigenvalue weighted by molar-refractivity contribution is 7.10. The summed E-state index contributed by atoms with van der Waals surface area (Å²) >= 11 is 7.41. The van der Waals surface area contributed by atoms with Crippen LogP contribution in [-0.4, -0.2) is 12.2 Å². The molecule has 14 heavy (non-hydrogen) atoms. The lowest BCUT2D eigenvalue weighted by Gasteiger charge is -2.13. The predicted octanol–water partition coefficient (Wildman–Crippen LogP) is 3.38. The van der Waals surface area contributed by atoms with Gasteiger partial charge in [0.25, 0.3) is 0 Å². The summed E-state index contributed by atoms with van der Waals surface area (Å²) < 4.78 is 13.2. The Balaban J connectivity index is 1.82. The van der Waals surface area contributed by atoms with E-state index in [1.165, 1.54) is 4.88 Å². The van der Waals surface area contributed by atoms with Gasteiger partial charge in [-0.3, -0.25) is 0 Å². The molecule has 0 amide bonds. The zero-order chi connectivity index (χ0) is 9.97. The van der Waals surface area contributed by atoms with E-state index in [2.05, 4.69) is 5.32 Å². The van der Waals surface area contributed by atoms with Gasteiger partial charge in [-0.1, -0.05) is 11.6 Å². The lowest BCUT2D eigenvalue weighted by molar-refractivity contribution is 0.279. The highest BCUT2D eigenvalue weighted by atomic mass is 35.5. The first-order valence-corrected chi connectivity index (χ1v) is 6.12. The lowest BCUT2D eigenvalue weighted by Crippen LogP contribution is -2.32. The third kappa shape index (κ3) is 2.47. The fourth-order valence-electron chi connectivity index (χ4n) is 1.82. The summed E-state index contributed by atoms with van der Waals surface area (Å²) in [6.45, 7) is 0.739. The SMILES string of the molecule is F[C@H]1CCC[C@H]1NCc1cc(Cl)cs1. The molecule has 1 fully saturated rings. The van der Waals surface area contributed by atoms with Crippen LogP contribution in [0.4, 0.5) is 4.39 Å². The zero-order valence-corrected chi connectivity index (χ0v) is 9.37. The Morgan fingerprint density at radius 1 is 1.57 bits per heavy atom. The molecular formula is C10H13ClFNS. The normalized spacial score (nSPS) is 27.0. The van der Waals surface area contributed by atoms with Gasteiger partial charge in [-0.25, -0.2) is 4.39 Å². The van der Waals surface area contributed by atoms with E-state index in [-0.39, 0.29) is 6.04 Å². The van der Waals surface area contributed by atoms with E-state index in [1.807, 2.05) is 11.4 Å². The Labute approximate surface area is 92.3 Å². The van der Waals surface area contributed by atoms with Crippen LogP contribution in [0.2, 0.25) is 5.02 Å². The molecule has 1 N–H and O–H groups in total.